The Balaban J connectivity index is 0.00000312. The molecule has 1 fully saturated rings. The molecule has 1 aliphatic rings. The van der Waals surface area contributed by atoms with E-state index >= 15 is 0 Å². The highest BCUT2D eigenvalue weighted by atomic mass is 127. The molecule has 1 aromatic rings. The predicted octanol–water partition coefficient (Wildman–Crippen LogP) is 2.29. The van der Waals surface area contributed by atoms with Crippen LogP contribution in [0.2, 0.25) is 0 Å². The number of hydrogen-bond acceptors (Lipinski definition) is 3. The first-order chi connectivity index (χ1) is 11.7. The maximum absolute atomic E-state index is 4.61. The Bertz CT molecular complexity index is 521. The number of aliphatic imine (C=N–C) groups is 1. The third-order valence-electron chi connectivity index (χ3n) is 4.20. The Morgan fingerprint density at radius 3 is 2.36 bits per heavy atom. The molecule has 6 heteroatoms. The topological polar surface area (TPSA) is 42.9 Å². The molecule has 0 amide bonds. The summed E-state index contributed by atoms with van der Waals surface area (Å²) in [4.78, 5) is 9.52. The van der Waals surface area contributed by atoms with E-state index in [4.69, 9.17) is 0 Å². The molecule has 2 N–H and O–H groups in total. The number of rotatable bonds is 7. The molecule has 5 nitrogen and oxygen atoms in total. The standard InChI is InChI=1S/C19H31N5.HI/c1-4-10-21-19(20-5-2)22-15-17-6-8-18(9-7-17)16-24-13-11-23(3)12-14-24;/h4,6-9H,1,5,10-16H2,2-3H3,(H2,20,21,22);1H. The minimum atomic E-state index is 0. The average Bonchev–Trinajstić information content (AvgIpc) is 2.60. The van der Waals surface area contributed by atoms with Crippen molar-refractivity contribution in [1.29, 1.82) is 0 Å². The van der Waals surface area contributed by atoms with Crippen LogP contribution in [0.4, 0.5) is 0 Å². The van der Waals surface area contributed by atoms with Crippen LogP contribution in [-0.4, -0.2) is 62.1 Å². The summed E-state index contributed by atoms with van der Waals surface area (Å²) < 4.78 is 0. The molecule has 1 aliphatic heterocycles. The van der Waals surface area contributed by atoms with Gasteiger partial charge in [-0.2, -0.15) is 0 Å². The Kier molecular flexibility index (Phi) is 10.8. The first-order valence-corrected chi connectivity index (χ1v) is 8.83. The molecule has 0 spiro atoms. The summed E-state index contributed by atoms with van der Waals surface area (Å²) in [6, 6.07) is 8.83. The fourth-order valence-electron chi connectivity index (χ4n) is 2.70. The highest BCUT2D eigenvalue weighted by molar-refractivity contribution is 14.0. The number of benzene rings is 1. The van der Waals surface area contributed by atoms with Gasteiger partial charge in [-0.05, 0) is 25.1 Å². The molecular formula is C19H32IN5. The van der Waals surface area contributed by atoms with Crippen LogP contribution < -0.4 is 10.6 Å². The molecule has 2 rings (SSSR count). The van der Waals surface area contributed by atoms with Crippen LogP contribution in [0.3, 0.4) is 0 Å². The van der Waals surface area contributed by atoms with Gasteiger partial charge in [-0.3, -0.25) is 4.90 Å². The number of halogens is 1. The lowest BCUT2D eigenvalue weighted by atomic mass is 10.1. The van der Waals surface area contributed by atoms with Crippen LogP contribution in [-0.2, 0) is 13.1 Å². The third kappa shape index (κ3) is 8.20. The summed E-state index contributed by atoms with van der Waals surface area (Å²) in [5.74, 6) is 0.832. The van der Waals surface area contributed by atoms with Crippen molar-refractivity contribution in [3.63, 3.8) is 0 Å². The zero-order chi connectivity index (χ0) is 17.2. The van der Waals surface area contributed by atoms with Crippen molar-refractivity contribution in [1.82, 2.24) is 20.4 Å². The van der Waals surface area contributed by atoms with Gasteiger partial charge in [-0.25, -0.2) is 4.99 Å². The van der Waals surface area contributed by atoms with Gasteiger partial charge < -0.3 is 15.5 Å². The van der Waals surface area contributed by atoms with Crippen LogP contribution in [0.5, 0.6) is 0 Å². The van der Waals surface area contributed by atoms with E-state index in [0.29, 0.717) is 6.54 Å². The summed E-state index contributed by atoms with van der Waals surface area (Å²) in [5.41, 5.74) is 2.61. The first kappa shape index (κ1) is 21.9. The third-order valence-corrected chi connectivity index (χ3v) is 4.20. The molecule has 0 bridgehead atoms. The molecule has 1 heterocycles. The monoisotopic (exact) mass is 457 g/mol. The number of nitrogens with zero attached hydrogens (tertiary/aromatic N) is 3. The Morgan fingerprint density at radius 2 is 1.76 bits per heavy atom. The van der Waals surface area contributed by atoms with Crippen molar-refractivity contribution in [3.8, 4) is 0 Å². The smallest absolute Gasteiger partial charge is 0.191 e. The average molecular weight is 457 g/mol. The van der Waals surface area contributed by atoms with Gasteiger partial charge in [-0.1, -0.05) is 30.3 Å². The van der Waals surface area contributed by atoms with Gasteiger partial charge in [0.25, 0.3) is 0 Å². The van der Waals surface area contributed by atoms with Gasteiger partial charge in [0, 0.05) is 45.8 Å². The van der Waals surface area contributed by atoms with E-state index in [1.54, 1.807) is 0 Å². The predicted molar refractivity (Wildman–Crippen MR) is 118 cm³/mol. The second-order valence-corrected chi connectivity index (χ2v) is 6.26. The Hall–Kier alpha value is -1.12. The Labute approximate surface area is 169 Å². The number of hydrogen-bond donors (Lipinski definition) is 2. The van der Waals surface area contributed by atoms with E-state index in [-0.39, 0.29) is 24.0 Å². The summed E-state index contributed by atoms with van der Waals surface area (Å²) in [6.07, 6.45) is 1.83. The normalized spacial score (nSPS) is 16.2. The van der Waals surface area contributed by atoms with Gasteiger partial charge in [0.05, 0.1) is 6.54 Å². The molecule has 0 saturated carbocycles. The minimum Gasteiger partial charge on any atom is -0.357 e. The number of likely N-dealkylation sites (N-methyl/N-ethyl adjacent to an activating group) is 1. The molecule has 140 valence electrons. The highest BCUT2D eigenvalue weighted by Crippen LogP contribution is 2.10. The van der Waals surface area contributed by atoms with Crippen molar-refractivity contribution in [2.45, 2.75) is 20.0 Å². The lowest BCUT2D eigenvalue weighted by molar-refractivity contribution is 0.148. The molecule has 0 aromatic heterocycles. The second kappa shape index (κ2) is 12.3. The fourth-order valence-corrected chi connectivity index (χ4v) is 2.70. The SMILES string of the molecule is C=CCNC(=NCc1ccc(CN2CCN(C)CC2)cc1)NCC.I. The van der Waals surface area contributed by atoms with Crippen molar-refractivity contribution in [2.24, 2.45) is 4.99 Å². The van der Waals surface area contributed by atoms with E-state index in [0.717, 1.165) is 51.8 Å². The zero-order valence-electron chi connectivity index (χ0n) is 15.5. The molecule has 1 saturated heterocycles. The largest absolute Gasteiger partial charge is 0.357 e. The molecule has 0 aliphatic carbocycles. The summed E-state index contributed by atoms with van der Waals surface area (Å²) in [5, 5.41) is 6.46. The summed E-state index contributed by atoms with van der Waals surface area (Å²) >= 11 is 0. The minimum absolute atomic E-state index is 0. The highest BCUT2D eigenvalue weighted by Gasteiger charge is 2.13. The van der Waals surface area contributed by atoms with E-state index in [1.165, 1.54) is 11.1 Å². The molecule has 25 heavy (non-hydrogen) atoms. The van der Waals surface area contributed by atoms with Gasteiger partial charge in [-0.15, -0.1) is 30.6 Å². The lowest BCUT2D eigenvalue weighted by Crippen LogP contribution is -2.43. The van der Waals surface area contributed by atoms with Crippen molar-refractivity contribution in [2.75, 3.05) is 46.3 Å². The molecular weight excluding hydrogens is 425 g/mol. The fraction of sp³-hybridized carbons (Fsp3) is 0.526. The summed E-state index contributed by atoms with van der Waals surface area (Å²) in [7, 11) is 2.19. The van der Waals surface area contributed by atoms with Crippen LogP contribution >= 0.6 is 24.0 Å². The van der Waals surface area contributed by atoms with Crippen LogP contribution in [0.25, 0.3) is 0 Å². The number of nitrogens with one attached hydrogen (secondary N) is 2. The van der Waals surface area contributed by atoms with Crippen LogP contribution in [0, 0.1) is 0 Å². The van der Waals surface area contributed by atoms with Crippen molar-refractivity contribution >= 4 is 29.9 Å². The Morgan fingerprint density at radius 1 is 1.12 bits per heavy atom. The first-order valence-electron chi connectivity index (χ1n) is 8.83. The van der Waals surface area contributed by atoms with Gasteiger partial charge in [0.1, 0.15) is 0 Å². The van der Waals surface area contributed by atoms with Gasteiger partial charge in [0.2, 0.25) is 0 Å². The molecule has 1 aromatic carbocycles. The zero-order valence-corrected chi connectivity index (χ0v) is 17.8. The van der Waals surface area contributed by atoms with Gasteiger partial charge in [0.15, 0.2) is 5.96 Å². The van der Waals surface area contributed by atoms with Crippen molar-refractivity contribution < 1.29 is 0 Å². The maximum Gasteiger partial charge on any atom is 0.191 e. The van der Waals surface area contributed by atoms with E-state index in [1.807, 2.05) is 6.08 Å². The van der Waals surface area contributed by atoms with Crippen LogP contribution in [0.15, 0.2) is 41.9 Å². The van der Waals surface area contributed by atoms with E-state index < -0.39 is 0 Å². The molecule has 0 atom stereocenters. The quantitative estimate of drug-likeness (QED) is 0.286. The number of guanidine groups is 1. The number of piperazine rings is 1. The van der Waals surface area contributed by atoms with Gasteiger partial charge >= 0.3 is 0 Å². The molecule has 0 unspecified atom stereocenters. The van der Waals surface area contributed by atoms with E-state index in [2.05, 4.69) is 70.2 Å². The van der Waals surface area contributed by atoms with E-state index in [9.17, 15) is 0 Å². The summed E-state index contributed by atoms with van der Waals surface area (Å²) in [6.45, 7) is 13.7. The maximum atomic E-state index is 4.61. The lowest BCUT2D eigenvalue weighted by Gasteiger charge is -2.32. The second-order valence-electron chi connectivity index (χ2n) is 6.26. The van der Waals surface area contributed by atoms with Crippen molar-refractivity contribution in [3.05, 3.63) is 48.0 Å². The van der Waals surface area contributed by atoms with Crippen LogP contribution in [0.1, 0.15) is 18.1 Å². The molecule has 0 radical (unpaired) electrons.